The minimum atomic E-state index is -3.00. The minimum absolute atomic E-state index is 0.0236. The first-order valence-electron chi connectivity index (χ1n) is 7.13. The number of aryl methyl sites for hydroxylation is 1. The Balaban J connectivity index is 2.11. The Labute approximate surface area is 125 Å². The zero-order valence-electron chi connectivity index (χ0n) is 12.3. The van der Waals surface area contributed by atoms with Crippen LogP contribution in [0.4, 0.5) is 5.69 Å². The molecule has 1 saturated heterocycles. The van der Waals surface area contributed by atoms with Crippen LogP contribution < -0.4 is 10.6 Å². The molecule has 1 unspecified atom stereocenters. The maximum atomic E-state index is 12.3. The second-order valence-corrected chi connectivity index (χ2v) is 7.60. The molecule has 0 radical (unpaired) electrons. The highest BCUT2D eigenvalue weighted by atomic mass is 32.2. The van der Waals surface area contributed by atoms with Crippen molar-refractivity contribution in [3.63, 3.8) is 0 Å². The van der Waals surface area contributed by atoms with E-state index in [1.54, 1.807) is 0 Å². The lowest BCUT2D eigenvalue weighted by Crippen LogP contribution is -2.36. The molecule has 1 aromatic heterocycles. The van der Waals surface area contributed by atoms with E-state index < -0.39 is 9.84 Å². The fourth-order valence-corrected chi connectivity index (χ4v) is 3.99. The highest BCUT2D eigenvalue weighted by Gasteiger charge is 2.29. The van der Waals surface area contributed by atoms with Gasteiger partial charge in [0.1, 0.15) is 0 Å². The lowest BCUT2D eigenvalue weighted by molar-refractivity contribution is 0.0941. The van der Waals surface area contributed by atoms with Crippen LogP contribution in [0.1, 0.15) is 35.8 Å². The number of anilines is 1. The minimum Gasteiger partial charge on any atom is -0.384 e. The van der Waals surface area contributed by atoms with Crippen LogP contribution >= 0.6 is 0 Å². The summed E-state index contributed by atoms with van der Waals surface area (Å²) in [6, 6.07) is 1.53. The van der Waals surface area contributed by atoms with Gasteiger partial charge in [0.05, 0.1) is 22.8 Å². The normalized spacial score (nSPS) is 20.2. The van der Waals surface area contributed by atoms with Gasteiger partial charge in [-0.15, -0.1) is 0 Å². The van der Waals surface area contributed by atoms with E-state index in [1.165, 1.54) is 6.20 Å². The van der Waals surface area contributed by atoms with Crippen LogP contribution in [-0.2, 0) is 9.84 Å². The molecule has 2 heterocycles. The first-order valence-corrected chi connectivity index (χ1v) is 8.95. The summed E-state index contributed by atoms with van der Waals surface area (Å²) in [5.41, 5.74) is 2.02. The van der Waals surface area contributed by atoms with E-state index in [0.717, 1.165) is 24.3 Å². The first kappa shape index (κ1) is 15.8. The Morgan fingerprint density at radius 2 is 2.24 bits per heavy atom. The average molecular weight is 311 g/mol. The van der Waals surface area contributed by atoms with Crippen molar-refractivity contribution in [1.82, 2.24) is 10.3 Å². The predicted molar refractivity (Wildman–Crippen MR) is 82.3 cm³/mol. The monoisotopic (exact) mass is 311 g/mol. The second kappa shape index (κ2) is 6.43. The summed E-state index contributed by atoms with van der Waals surface area (Å²) >= 11 is 0. The number of rotatable bonds is 5. The van der Waals surface area contributed by atoms with Crippen molar-refractivity contribution in [2.75, 3.05) is 23.4 Å². The molecule has 0 bridgehead atoms. The van der Waals surface area contributed by atoms with Crippen LogP contribution in [-0.4, -0.2) is 43.4 Å². The molecule has 0 aromatic carbocycles. The van der Waals surface area contributed by atoms with Gasteiger partial charge < -0.3 is 10.6 Å². The van der Waals surface area contributed by atoms with Crippen LogP contribution in [0.2, 0.25) is 0 Å². The van der Waals surface area contributed by atoms with Crippen molar-refractivity contribution in [3.05, 3.63) is 23.5 Å². The van der Waals surface area contributed by atoms with Gasteiger partial charge in [0.2, 0.25) is 0 Å². The van der Waals surface area contributed by atoms with Gasteiger partial charge in [-0.3, -0.25) is 9.78 Å². The van der Waals surface area contributed by atoms with Crippen molar-refractivity contribution in [2.45, 2.75) is 32.7 Å². The van der Waals surface area contributed by atoms with Crippen molar-refractivity contribution in [2.24, 2.45) is 0 Å². The van der Waals surface area contributed by atoms with Gasteiger partial charge in [-0.05, 0) is 25.8 Å². The van der Waals surface area contributed by atoms with Crippen LogP contribution in [0, 0.1) is 6.92 Å². The number of amides is 1. The molecule has 7 heteroatoms. The number of hydrogen-bond donors (Lipinski definition) is 2. The topological polar surface area (TPSA) is 88.2 Å². The van der Waals surface area contributed by atoms with Gasteiger partial charge in [0, 0.05) is 24.5 Å². The van der Waals surface area contributed by atoms with Gasteiger partial charge in [-0.1, -0.05) is 6.92 Å². The fraction of sp³-hybridized carbons (Fsp3) is 0.571. The van der Waals surface area contributed by atoms with Crippen LogP contribution in [0.5, 0.6) is 0 Å². The summed E-state index contributed by atoms with van der Waals surface area (Å²) < 4.78 is 22.9. The lowest BCUT2D eigenvalue weighted by Gasteiger charge is -2.14. The number of carbonyl (C=O) groups excluding carboxylic acids is 1. The highest BCUT2D eigenvalue weighted by molar-refractivity contribution is 7.91. The molecular weight excluding hydrogens is 290 g/mol. The molecule has 2 rings (SSSR count). The lowest BCUT2D eigenvalue weighted by atomic mass is 10.1. The maximum absolute atomic E-state index is 12.3. The molecular formula is C14H21N3O3S. The second-order valence-electron chi connectivity index (χ2n) is 5.37. The largest absolute Gasteiger partial charge is 0.384 e. The molecule has 116 valence electrons. The maximum Gasteiger partial charge on any atom is 0.255 e. The molecule has 6 nitrogen and oxygen atoms in total. The Bertz CT molecular complexity index is 628. The summed E-state index contributed by atoms with van der Waals surface area (Å²) in [6.07, 6.45) is 2.96. The summed E-state index contributed by atoms with van der Waals surface area (Å²) in [5.74, 6) is -0.107. The number of hydrogen-bond acceptors (Lipinski definition) is 5. The van der Waals surface area contributed by atoms with E-state index in [1.807, 2.05) is 19.9 Å². The third kappa shape index (κ3) is 4.17. The van der Waals surface area contributed by atoms with E-state index in [2.05, 4.69) is 15.6 Å². The van der Waals surface area contributed by atoms with Crippen LogP contribution in [0.3, 0.4) is 0 Å². The number of nitrogens with one attached hydrogen (secondary N) is 2. The SMILES string of the molecule is CCCNc1cc(C)ncc1C(=O)NC1CCS(=O)(=O)C1. The Hall–Kier alpha value is -1.63. The molecule has 0 saturated carbocycles. The molecule has 0 spiro atoms. The molecule has 1 fully saturated rings. The molecule has 1 aliphatic heterocycles. The zero-order chi connectivity index (χ0) is 15.5. The number of aromatic nitrogens is 1. The molecule has 21 heavy (non-hydrogen) atoms. The third-order valence-electron chi connectivity index (χ3n) is 3.42. The fourth-order valence-electron chi connectivity index (χ4n) is 2.32. The Morgan fingerprint density at radius 3 is 2.86 bits per heavy atom. The Morgan fingerprint density at radius 1 is 1.48 bits per heavy atom. The zero-order valence-corrected chi connectivity index (χ0v) is 13.2. The number of carbonyl (C=O) groups is 1. The quantitative estimate of drug-likeness (QED) is 0.851. The van der Waals surface area contributed by atoms with Crippen LogP contribution in [0.15, 0.2) is 12.3 Å². The van der Waals surface area contributed by atoms with Gasteiger partial charge in [-0.2, -0.15) is 0 Å². The summed E-state index contributed by atoms with van der Waals surface area (Å²) in [4.78, 5) is 16.5. The molecule has 1 aromatic rings. The van der Waals surface area contributed by atoms with Crippen LogP contribution in [0.25, 0.3) is 0 Å². The summed E-state index contributed by atoms with van der Waals surface area (Å²) in [6.45, 7) is 4.67. The van der Waals surface area contributed by atoms with Gasteiger partial charge >= 0.3 is 0 Å². The van der Waals surface area contributed by atoms with E-state index in [9.17, 15) is 13.2 Å². The standard InChI is InChI=1S/C14H21N3O3S/c1-3-5-15-13-7-10(2)16-8-12(13)14(18)17-11-4-6-21(19,20)9-11/h7-8,11H,3-6,9H2,1-2H3,(H,15,16)(H,17,18). The number of pyridine rings is 1. The average Bonchev–Trinajstić information content (AvgIpc) is 2.75. The molecule has 1 amide bonds. The molecule has 1 aliphatic rings. The molecule has 1 atom stereocenters. The predicted octanol–water partition coefficient (Wildman–Crippen LogP) is 1.13. The van der Waals surface area contributed by atoms with Gasteiger partial charge in [-0.25, -0.2) is 8.42 Å². The van der Waals surface area contributed by atoms with E-state index in [0.29, 0.717) is 12.0 Å². The molecule has 2 N–H and O–H groups in total. The van der Waals surface area contributed by atoms with Gasteiger partial charge in [0.15, 0.2) is 9.84 Å². The van der Waals surface area contributed by atoms with Crippen molar-refractivity contribution >= 4 is 21.4 Å². The van der Waals surface area contributed by atoms with Crippen molar-refractivity contribution in [3.8, 4) is 0 Å². The smallest absolute Gasteiger partial charge is 0.255 e. The molecule has 0 aliphatic carbocycles. The number of nitrogens with zero attached hydrogens (tertiary/aromatic N) is 1. The van der Waals surface area contributed by atoms with E-state index in [4.69, 9.17) is 0 Å². The van der Waals surface area contributed by atoms with Crippen molar-refractivity contribution < 1.29 is 13.2 Å². The summed E-state index contributed by atoms with van der Waals surface area (Å²) in [5, 5.41) is 6.00. The Kier molecular flexibility index (Phi) is 4.82. The van der Waals surface area contributed by atoms with Gasteiger partial charge in [0.25, 0.3) is 5.91 Å². The number of sulfone groups is 1. The highest BCUT2D eigenvalue weighted by Crippen LogP contribution is 2.17. The summed E-state index contributed by atoms with van der Waals surface area (Å²) in [7, 11) is -3.00. The first-order chi connectivity index (χ1) is 9.91. The van der Waals surface area contributed by atoms with Crippen molar-refractivity contribution in [1.29, 1.82) is 0 Å². The van der Waals surface area contributed by atoms with E-state index in [-0.39, 0.29) is 23.5 Å². The van der Waals surface area contributed by atoms with E-state index >= 15 is 0 Å². The third-order valence-corrected chi connectivity index (χ3v) is 5.19.